The van der Waals surface area contributed by atoms with Crippen LogP contribution in [-0.2, 0) is 12.8 Å². The van der Waals surface area contributed by atoms with Crippen LogP contribution in [0.25, 0.3) is 0 Å². The minimum Gasteiger partial charge on any atom is -0.365 e. The first kappa shape index (κ1) is 18.0. The zero-order valence-corrected chi connectivity index (χ0v) is 16.1. The second kappa shape index (κ2) is 7.62. The van der Waals surface area contributed by atoms with E-state index in [4.69, 9.17) is 5.73 Å². The molecule has 1 aliphatic rings. The van der Waals surface area contributed by atoms with Crippen LogP contribution in [0.1, 0.15) is 51.4 Å². The molecule has 1 aromatic heterocycles. The molecule has 2 amide bonds. The van der Waals surface area contributed by atoms with Gasteiger partial charge in [-0.3, -0.25) is 9.59 Å². The van der Waals surface area contributed by atoms with Gasteiger partial charge in [0.25, 0.3) is 11.8 Å². The van der Waals surface area contributed by atoms with Gasteiger partial charge in [-0.25, -0.2) is 0 Å². The first-order valence-electron chi connectivity index (χ1n) is 8.48. The summed E-state index contributed by atoms with van der Waals surface area (Å²) in [5.41, 5.74) is 7.71. The highest BCUT2D eigenvalue weighted by molar-refractivity contribution is 7.99. The second-order valence-corrected chi connectivity index (χ2v) is 8.77. The van der Waals surface area contributed by atoms with Crippen LogP contribution in [-0.4, -0.2) is 17.6 Å². The summed E-state index contributed by atoms with van der Waals surface area (Å²) in [5, 5.41) is 3.49. The second-order valence-electron chi connectivity index (χ2n) is 6.33. The molecule has 2 aromatic rings. The smallest absolute Gasteiger partial charge is 0.256 e. The molecule has 1 atom stereocenters. The van der Waals surface area contributed by atoms with Crippen LogP contribution < -0.4 is 11.1 Å². The summed E-state index contributed by atoms with van der Waals surface area (Å²) in [4.78, 5) is 26.8. The van der Waals surface area contributed by atoms with Crippen molar-refractivity contribution >= 4 is 39.9 Å². The highest BCUT2D eigenvalue weighted by atomic mass is 32.2. The lowest BCUT2D eigenvalue weighted by atomic mass is 9.88. The highest BCUT2D eigenvalue weighted by Gasteiger charge is 2.27. The van der Waals surface area contributed by atoms with Crippen LogP contribution >= 0.6 is 23.1 Å². The van der Waals surface area contributed by atoms with Gasteiger partial charge in [-0.05, 0) is 60.8 Å². The fourth-order valence-electron chi connectivity index (χ4n) is 3.14. The van der Waals surface area contributed by atoms with E-state index in [2.05, 4.69) is 19.2 Å². The predicted molar refractivity (Wildman–Crippen MR) is 105 cm³/mol. The van der Waals surface area contributed by atoms with E-state index >= 15 is 0 Å². The largest absolute Gasteiger partial charge is 0.365 e. The quantitative estimate of drug-likeness (QED) is 0.765. The fourth-order valence-corrected chi connectivity index (χ4v) is 5.22. The maximum absolute atomic E-state index is 12.6. The van der Waals surface area contributed by atoms with E-state index in [1.165, 1.54) is 16.2 Å². The van der Waals surface area contributed by atoms with Crippen molar-refractivity contribution in [3.8, 4) is 0 Å². The van der Waals surface area contributed by atoms with E-state index in [0.29, 0.717) is 22.0 Å². The fraction of sp³-hybridized carbons (Fsp3) is 0.368. The number of carbonyl (C=O) groups excluding carboxylic acids is 2. The molecule has 0 unspecified atom stereocenters. The molecule has 0 radical (unpaired) electrons. The Bertz CT molecular complexity index is 797. The van der Waals surface area contributed by atoms with Crippen LogP contribution in [0.2, 0.25) is 0 Å². The lowest BCUT2D eigenvalue weighted by Gasteiger charge is -2.18. The Labute approximate surface area is 156 Å². The molecule has 3 N–H and O–H groups in total. The van der Waals surface area contributed by atoms with Crippen molar-refractivity contribution in [1.82, 2.24) is 0 Å². The van der Waals surface area contributed by atoms with Crippen molar-refractivity contribution < 1.29 is 9.59 Å². The van der Waals surface area contributed by atoms with Crippen molar-refractivity contribution in [3.05, 3.63) is 45.8 Å². The van der Waals surface area contributed by atoms with Gasteiger partial charge in [0.05, 0.1) is 5.56 Å². The molecular weight excluding hydrogens is 352 g/mol. The van der Waals surface area contributed by atoms with Gasteiger partial charge in [-0.15, -0.1) is 23.1 Å². The molecule has 0 saturated carbocycles. The van der Waals surface area contributed by atoms with E-state index < -0.39 is 5.91 Å². The van der Waals surface area contributed by atoms with Gasteiger partial charge in [-0.1, -0.05) is 13.8 Å². The summed E-state index contributed by atoms with van der Waals surface area (Å²) in [6.45, 7) is 4.30. The number of carbonyl (C=O) groups is 2. The molecule has 132 valence electrons. The van der Waals surface area contributed by atoms with Gasteiger partial charge in [0.15, 0.2) is 0 Å². The van der Waals surface area contributed by atoms with Gasteiger partial charge in [0.2, 0.25) is 0 Å². The molecule has 1 aromatic carbocycles. The Morgan fingerprint density at radius 2 is 2.04 bits per heavy atom. The van der Waals surface area contributed by atoms with Gasteiger partial charge < -0.3 is 11.1 Å². The molecule has 0 bridgehead atoms. The molecule has 0 aliphatic heterocycles. The molecule has 0 fully saturated rings. The molecule has 3 rings (SSSR count). The lowest BCUT2D eigenvalue weighted by molar-refractivity contribution is 0.1000. The monoisotopic (exact) mass is 374 g/mol. The molecule has 1 aliphatic carbocycles. The maximum Gasteiger partial charge on any atom is 0.256 e. The number of amides is 2. The van der Waals surface area contributed by atoms with E-state index in [1.54, 1.807) is 11.8 Å². The maximum atomic E-state index is 12.6. The summed E-state index contributed by atoms with van der Waals surface area (Å²) in [6, 6.07) is 7.51. The van der Waals surface area contributed by atoms with Crippen LogP contribution in [0, 0.1) is 5.92 Å². The molecule has 0 spiro atoms. The third-order valence-electron chi connectivity index (χ3n) is 4.41. The number of fused-ring (bicyclic) bond motifs is 1. The zero-order valence-electron chi connectivity index (χ0n) is 14.4. The third kappa shape index (κ3) is 3.90. The van der Waals surface area contributed by atoms with Gasteiger partial charge in [-0.2, -0.15) is 0 Å². The number of rotatable bonds is 5. The Balaban J connectivity index is 1.84. The molecule has 1 heterocycles. The first-order valence-corrected chi connectivity index (χ1v) is 10.3. The number of thioether (sulfide) groups is 1. The Morgan fingerprint density at radius 1 is 1.32 bits per heavy atom. The Morgan fingerprint density at radius 3 is 2.68 bits per heavy atom. The summed E-state index contributed by atoms with van der Waals surface area (Å²) in [5.74, 6) is 0.922. The van der Waals surface area contributed by atoms with E-state index in [1.807, 2.05) is 24.3 Å². The average Bonchev–Trinajstić information content (AvgIpc) is 2.92. The average molecular weight is 375 g/mol. The number of hydrogen-bond acceptors (Lipinski definition) is 4. The van der Waals surface area contributed by atoms with Crippen LogP contribution in [0.3, 0.4) is 0 Å². The standard InChI is InChI=1S/C19H22N2O2S2/c1-3-24-13-7-5-12(6-8-13)18(23)21-19-16(17(20)22)14-9-4-11(2)10-15(14)25-19/h5-8,11H,3-4,9-10H2,1-2H3,(H2,20,22)(H,21,23)/t11-/m1/s1. The van der Waals surface area contributed by atoms with E-state index in [0.717, 1.165) is 35.5 Å². The van der Waals surface area contributed by atoms with Gasteiger partial charge in [0.1, 0.15) is 5.00 Å². The summed E-state index contributed by atoms with van der Waals surface area (Å²) < 4.78 is 0. The van der Waals surface area contributed by atoms with Crippen molar-refractivity contribution in [2.24, 2.45) is 11.7 Å². The number of nitrogens with one attached hydrogen (secondary N) is 1. The number of anilines is 1. The zero-order chi connectivity index (χ0) is 18.0. The minimum absolute atomic E-state index is 0.206. The van der Waals surface area contributed by atoms with Crippen LogP contribution in [0.4, 0.5) is 5.00 Å². The number of benzene rings is 1. The molecule has 25 heavy (non-hydrogen) atoms. The SMILES string of the molecule is CCSc1ccc(C(=O)Nc2sc3c(c2C(N)=O)CC[C@@H](C)C3)cc1. The minimum atomic E-state index is -0.461. The van der Waals surface area contributed by atoms with Gasteiger partial charge >= 0.3 is 0 Å². The van der Waals surface area contributed by atoms with Crippen molar-refractivity contribution in [1.29, 1.82) is 0 Å². The number of hydrogen-bond donors (Lipinski definition) is 2. The molecule has 6 heteroatoms. The molecule has 4 nitrogen and oxygen atoms in total. The Kier molecular flexibility index (Phi) is 5.49. The van der Waals surface area contributed by atoms with Crippen molar-refractivity contribution in [2.45, 2.75) is 38.0 Å². The molecular formula is C19H22N2O2S2. The topological polar surface area (TPSA) is 72.2 Å². The highest BCUT2D eigenvalue weighted by Crippen LogP contribution is 2.39. The van der Waals surface area contributed by atoms with Crippen LogP contribution in [0.5, 0.6) is 0 Å². The predicted octanol–water partition coefficient (Wildman–Crippen LogP) is 4.34. The van der Waals surface area contributed by atoms with Gasteiger partial charge in [0, 0.05) is 15.3 Å². The van der Waals surface area contributed by atoms with E-state index in [9.17, 15) is 9.59 Å². The normalized spacial score (nSPS) is 16.3. The summed E-state index contributed by atoms with van der Waals surface area (Å²) in [6.07, 6.45) is 2.84. The van der Waals surface area contributed by atoms with Crippen molar-refractivity contribution in [3.63, 3.8) is 0 Å². The van der Waals surface area contributed by atoms with Crippen LogP contribution in [0.15, 0.2) is 29.2 Å². The van der Waals surface area contributed by atoms with Crippen molar-refractivity contribution in [2.75, 3.05) is 11.1 Å². The number of thiophene rings is 1. The number of nitrogens with two attached hydrogens (primary N) is 1. The van der Waals surface area contributed by atoms with E-state index in [-0.39, 0.29) is 5.91 Å². The summed E-state index contributed by atoms with van der Waals surface area (Å²) >= 11 is 3.22. The molecule has 0 saturated heterocycles. The Hall–Kier alpha value is -1.79. The first-order chi connectivity index (χ1) is 12.0. The lowest BCUT2D eigenvalue weighted by Crippen LogP contribution is -2.19. The third-order valence-corrected chi connectivity index (χ3v) is 6.48. The summed E-state index contributed by atoms with van der Waals surface area (Å²) in [7, 11) is 0. The number of primary amides is 1.